The van der Waals surface area contributed by atoms with Crippen molar-refractivity contribution in [1.29, 1.82) is 0 Å². The summed E-state index contributed by atoms with van der Waals surface area (Å²) in [5.74, 6) is 1.21. The standard InChI is InChI=1S/C10H18O/c1-8-3-5-10(6-4-8)9(2)7-11/h3,9-11H,4-7H2,1-2H3/t9?,10-/m0/s1. The van der Waals surface area contributed by atoms with Crippen LogP contribution >= 0.6 is 0 Å². The molecule has 0 aromatic rings. The van der Waals surface area contributed by atoms with E-state index in [1.165, 1.54) is 24.8 Å². The second-order valence-corrected chi connectivity index (χ2v) is 3.74. The lowest BCUT2D eigenvalue weighted by Crippen LogP contribution is -2.17. The summed E-state index contributed by atoms with van der Waals surface area (Å²) in [6, 6.07) is 0. The highest BCUT2D eigenvalue weighted by Gasteiger charge is 2.17. The van der Waals surface area contributed by atoms with Gasteiger partial charge in [-0.2, -0.15) is 0 Å². The summed E-state index contributed by atoms with van der Waals surface area (Å²) in [5.41, 5.74) is 1.52. The van der Waals surface area contributed by atoms with Crippen molar-refractivity contribution in [2.45, 2.75) is 33.1 Å². The van der Waals surface area contributed by atoms with E-state index in [2.05, 4.69) is 19.9 Å². The van der Waals surface area contributed by atoms with Crippen LogP contribution in [0.2, 0.25) is 0 Å². The molecule has 0 saturated heterocycles. The molecule has 1 aliphatic carbocycles. The fourth-order valence-electron chi connectivity index (χ4n) is 1.65. The number of hydrogen-bond donors (Lipinski definition) is 1. The molecular formula is C10H18O. The maximum atomic E-state index is 8.93. The van der Waals surface area contributed by atoms with Crippen LogP contribution < -0.4 is 0 Å². The number of rotatable bonds is 2. The van der Waals surface area contributed by atoms with Crippen molar-refractivity contribution in [2.75, 3.05) is 6.61 Å². The van der Waals surface area contributed by atoms with Crippen molar-refractivity contribution >= 4 is 0 Å². The number of aliphatic hydroxyl groups excluding tert-OH is 1. The molecule has 1 unspecified atom stereocenters. The third kappa shape index (κ3) is 2.33. The zero-order chi connectivity index (χ0) is 8.27. The average Bonchev–Trinajstić information content (AvgIpc) is 2.05. The van der Waals surface area contributed by atoms with Gasteiger partial charge in [-0.3, -0.25) is 0 Å². The van der Waals surface area contributed by atoms with Gasteiger partial charge in [0.05, 0.1) is 0 Å². The lowest BCUT2D eigenvalue weighted by Gasteiger charge is -2.24. The van der Waals surface area contributed by atoms with Crippen LogP contribution in [0.4, 0.5) is 0 Å². The Kier molecular flexibility index (Phi) is 3.13. The average molecular weight is 154 g/mol. The van der Waals surface area contributed by atoms with Crippen molar-refractivity contribution in [3.8, 4) is 0 Å². The molecule has 1 heteroatoms. The van der Waals surface area contributed by atoms with Crippen LogP contribution in [0.1, 0.15) is 33.1 Å². The molecule has 0 heterocycles. The molecule has 1 aliphatic rings. The second kappa shape index (κ2) is 3.91. The van der Waals surface area contributed by atoms with Gasteiger partial charge in [-0.05, 0) is 38.0 Å². The Morgan fingerprint density at radius 2 is 2.45 bits per heavy atom. The first-order valence-corrected chi connectivity index (χ1v) is 4.50. The van der Waals surface area contributed by atoms with Gasteiger partial charge in [0, 0.05) is 6.61 Å². The van der Waals surface area contributed by atoms with Crippen LogP contribution in [0.25, 0.3) is 0 Å². The summed E-state index contributed by atoms with van der Waals surface area (Å²) in [7, 11) is 0. The molecule has 0 amide bonds. The van der Waals surface area contributed by atoms with Gasteiger partial charge in [-0.25, -0.2) is 0 Å². The highest BCUT2D eigenvalue weighted by Crippen LogP contribution is 2.28. The molecule has 0 saturated carbocycles. The smallest absolute Gasteiger partial charge is 0.0459 e. The lowest BCUT2D eigenvalue weighted by atomic mass is 9.82. The van der Waals surface area contributed by atoms with Crippen LogP contribution in [0.3, 0.4) is 0 Å². The minimum absolute atomic E-state index is 0.345. The molecule has 1 N–H and O–H groups in total. The van der Waals surface area contributed by atoms with Crippen LogP contribution in [0.15, 0.2) is 11.6 Å². The molecular weight excluding hydrogens is 136 g/mol. The third-order valence-corrected chi connectivity index (χ3v) is 2.77. The normalized spacial score (nSPS) is 27.9. The Labute approximate surface area is 69.1 Å². The SMILES string of the molecule is CC1=CC[C@H](C(C)CO)CC1. The highest BCUT2D eigenvalue weighted by molar-refractivity contribution is 5.03. The highest BCUT2D eigenvalue weighted by atomic mass is 16.3. The largest absolute Gasteiger partial charge is 0.396 e. The van der Waals surface area contributed by atoms with E-state index >= 15 is 0 Å². The first-order valence-electron chi connectivity index (χ1n) is 4.50. The van der Waals surface area contributed by atoms with Crippen LogP contribution in [-0.4, -0.2) is 11.7 Å². The molecule has 11 heavy (non-hydrogen) atoms. The quantitative estimate of drug-likeness (QED) is 0.605. The number of aliphatic hydroxyl groups is 1. The lowest BCUT2D eigenvalue weighted by molar-refractivity contribution is 0.180. The molecule has 0 fully saturated rings. The fourth-order valence-corrected chi connectivity index (χ4v) is 1.65. The Morgan fingerprint density at radius 1 is 1.73 bits per heavy atom. The topological polar surface area (TPSA) is 20.2 Å². The van der Waals surface area contributed by atoms with Crippen molar-refractivity contribution in [3.63, 3.8) is 0 Å². The van der Waals surface area contributed by atoms with Gasteiger partial charge in [0.15, 0.2) is 0 Å². The molecule has 0 aromatic carbocycles. The van der Waals surface area contributed by atoms with Gasteiger partial charge in [-0.1, -0.05) is 18.6 Å². The Bertz CT molecular complexity index is 149. The molecule has 1 rings (SSSR count). The Balaban J connectivity index is 2.40. The summed E-state index contributed by atoms with van der Waals surface area (Å²) in [6.45, 7) is 4.68. The monoisotopic (exact) mass is 154 g/mol. The summed E-state index contributed by atoms with van der Waals surface area (Å²) < 4.78 is 0. The van der Waals surface area contributed by atoms with Crippen molar-refractivity contribution in [1.82, 2.24) is 0 Å². The van der Waals surface area contributed by atoms with E-state index < -0.39 is 0 Å². The van der Waals surface area contributed by atoms with Crippen LogP contribution in [-0.2, 0) is 0 Å². The molecule has 0 aromatic heterocycles. The first-order chi connectivity index (χ1) is 5.24. The molecule has 0 radical (unpaired) electrons. The van der Waals surface area contributed by atoms with E-state index in [4.69, 9.17) is 5.11 Å². The molecule has 64 valence electrons. The Hall–Kier alpha value is -0.300. The first kappa shape index (κ1) is 8.79. The molecule has 0 aliphatic heterocycles. The van der Waals surface area contributed by atoms with E-state index in [0.717, 1.165) is 5.92 Å². The molecule has 1 nitrogen and oxygen atoms in total. The third-order valence-electron chi connectivity index (χ3n) is 2.77. The molecule has 0 spiro atoms. The maximum absolute atomic E-state index is 8.93. The maximum Gasteiger partial charge on any atom is 0.0459 e. The fraction of sp³-hybridized carbons (Fsp3) is 0.800. The van der Waals surface area contributed by atoms with Gasteiger partial charge >= 0.3 is 0 Å². The predicted octanol–water partition coefficient (Wildman–Crippen LogP) is 2.36. The van der Waals surface area contributed by atoms with Crippen LogP contribution in [0.5, 0.6) is 0 Å². The van der Waals surface area contributed by atoms with Gasteiger partial charge in [-0.15, -0.1) is 0 Å². The van der Waals surface area contributed by atoms with Crippen molar-refractivity contribution in [2.24, 2.45) is 11.8 Å². The molecule has 2 atom stereocenters. The summed E-state index contributed by atoms with van der Waals surface area (Å²) in [4.78, 5) is 0. The van der Waals surface area contributed by atoms with E-state index in [-0.39, 0.29) is 0 Å². The van der Waals surface area contributed by atoms with E-state index in [1.54, 1.807) is 0 Å². The predicted molar refractivity (Wildman–Crippen MR) is 47.3 cm³/mol. The van der Waals surface area contributed by atoms with Crippen molar-refractivity contribution in [3.05, 3.63) is 11.6 Å². The zero-order valence-corrected chi connectivity index (χ0v) is 7.51. The van der Waals surface area contributed by atoms with Gasteiger partial charge in [0.1, 0.15) is 0 Å². The van der Waals surface area contributed by atoms with Crippen molar-refractivity contribution < 1.29 is 5.11 Å². The zero-order valence-electron chi connectivity index (χ0n) is 7.51. The minimum atomic E-state index is 0.345. The van der Waals surface area contributed by atoms with E-state index in [1.807, 2.05) is 0 Å². The van der Waals surface area contributed by atoms with Crippen LogP contribution in [0, 0.1) is 11.8 Å². The number of allylic oxidation sites excluding steroid dienone is 2. The minimum Gasteiger partial charge on any atom is -0.396 e. The van der Waals surface area contributed by atoms with Gasteiger partial charge < -0.3 is 5.11 Å². The Morgan fingerprint density at radius 3 is 2.91 bits per heavy atom. The summed E-state index contributed by atoms with van der Waals surface area (Å²) >= 11 is 0. The number of hydrogen-bond acceptors (Lipinski definition) is 1. The summed E-state index contributed by atoms with van der Waals surface area (Å²) in [5, 5.41) is 8.93. The van der Waals surface area contributed by atoms with Gasteiger partial charge in [0.25, 0.3) is 0 Å². The summed E-state index contributed by atoms with van der Waals surface area (Å²) in [6.07, 6.45) is 5.99. The van der Waals surface area contributed by atoms with Gasteiger partial charge in [0.2, 0.25) is 0 Å². The van der Waals surface area contributed by atoms with E-state index in [9.17, 15) is 0 Å². The second-order valence-electron chi connectivity index (χ2n) is 3.74. The van der Waals surface area contributed by atoms with E-state index in [0.29, 0.717) is 12.5 Å². The molecule has 0 bridgehead atoms.